The molecule has 0 aliphatic carbocycles. The van der Waals surface area contributed by atoms with Crippen LogP contribution in [0.4, 0.5) is 0 Å². The summed E-state index contributed by atoms with van der Waals surface area (Å²) in [6, 6.07) is 10.2. The van der Waals surface area contributed by atoms with E-state index in [-0.39, 0.29) is 17.9 Å². The Bertz CT molecular complexity index is 414. The summed E-state index contributed by atoms with van der Waals surface area (Å²) in [6.45, 7) is 5.01. The third-order valence-corrected chi connectivity index (χ3v) is 3.89. The van der Waals surface area contributed by atoms with E-state index in [2.05, 4.69) is 17.0 Å². The Morgan fingerprint density at radius 2 is 2.00 bits per heavy atom. The van der Waals surface area contributed by atoms with Crippen molar-refractivity contribution >= 4 is 5.97 Å². The van der Waals surface area contributed by atoms with Crippen molar-refractivity contribution in [3.63, 3.8) is 0 Å². The number of likely N-dealkylation sites (tertiary alicyclic amines) is 1. The summed E-state index contributed by atoms with van der Waals surface area (Å²) in [4.78, 5) is 14.0. The molecule has 1 aromatic carbocycles. The quantitative estimate of drug-likeness (QED) is 0.835. The van der Waals surface area contributed by atoms with Gasteiger partial charge >= 0.3 is 5.97 Å². The van der Waals surface area contributed by atoms with Gasteiger partial charge in [0, 0.05) is 12.6 Å². The largest absolute Gasteiger partial charge is 0.466 e. The molecule has 0 radical (unpaired) electrons. The highest BCUT2D eigenvalue weighted by Gasteiger charge is 2.26. The molecule has 20 heavy (non-hydrogen) atoms. The number of carbonyl (C=O) groups excluding carboxylic acids is 1. The summed E-state index contributed by atoms with van der Waals surface area (Å²) in [7, 11) is 0. The summed E-state index contributed by atoms with van der Waals surface area (Å²) in [6.07, 6.45) is 1.75. The molecule has 1 aliphatic heterocycles. The van der Waals surface area contributed by atoms with Gasteiger partial charge in [-0.2, -0.15) is 0 Å². The second-order valence-electron chi connectivity index (χ2n) is 5.34. The van der Waals surface area contributed by atoms with Crippen LogP contribution in [-0.4, -0.2) is 37.1 Å². The number of hydrogen-bond donors (Lipinski definition) is 1. The van der Waals surface area contributed by atoms with Gasteiger partial charge in [-0.15, -0.1) is 0 Å². The van der Waals surface area contributed by atoms with Crippen molar-refractivity contribution in [2.75, 3.05) is 26.2 Å². The molecular formula is C16H24N2O2. The average Bonchev–Trinajstić information content (AvgIpc) is 2.49. The van der Waals surface area contributed by atoms with Crippen LogP contribution in [0.25, 0.3) is 0 Å². The molecule has 110 valence electrons. The molecule has 0 amide bonds. The summed E-state index contributed by atoms with van der Waals surface area (Å²) < 4.78 is 5.08. The molecule has 2 N–H and O–H groups in total. The topological polar surface area (TPSA) is 55.6 Å². The summed E-state index contributed by atoms with van der Waals surface area (Å²) in [5, 5.41) is 0. The molecule has 1 atom stereocenters. The zero-order chi connectivity index (χ0) is 14.4. The number of piperidine rings is 1. The molecule has 0 unspecified atom stereocenters. The van der Waals surface area contributed by atoms with Gasteiger partial charge in [0.25, 0.3) is 0 Å². The number of esters is 1. The monoisotopic (exact) mass is 276 g/mol. The third-order valence-electron chi connectivity index (χ3n) is 3.89. The minimum atomic E-state index is -0.0421. The number of ether oxygens (including phenoxy) is 1. The molecule has 2 rings (SSSR count). The van der Waals surface area contributed by atoms with Crippen LogP contribution < -0.4 is 5.73 Å². The van der Waals surface area contributed by atoms with Crippen LogP contribution in [0.15, 0.2) is 30.3 Å². The summed E-state index contributed by atoms with van der Waals surface area (Å²) >= 11 is 0. The molecule has 1 aliphatic rings. The smallest absolute Gasteiger partial charge is 0.309 e. The van der Waals surface area contributed by atoms with Crippen LogP contribution in [0.1, 0.15) is 31.4 Å². The van der Waals surface area contributed by atoms with E-state index in [9.17, 15) is 4.79 Å². The molecule has 0 saturated carbocycles. The predicted molar refractivity (Wildman–Crippen MR) is 79.2 cm³/mol. The molecule has 0 bridgehead atoms. The maximum Gasteiger partial charge on any atom is 0.309 e. The van der Waals surface area contributed by atoms with E-state index in [1.54, 1.807) is 0 Å². The molecule has 1 aromatic rings. The fourth-order valence-corrected chi connectivity index (χ4v) is 2.70. The van der Waals surface area contributed by atoms with Gasteiger partial charge in [-0.05, 0) is 38.4 Å². The van der Waals surface area contributed by atoms with E-state index in [0.29, 0.717) is 6.61 Å². The molecule has 1 saturated heterocycles. The Balaban J connectivity index is 1.78. The van der Waals surface area contributed by atoms with Crippen molar-refractivity contribution < 1.29 is 9.53 Å². The van der Waals surface area contributed by atoms with Gasteiger partial charge in [0.2, 0.25) is 0 Å². The van der Waals surface area contributed by atoms with Crippen LogP contribution in [0, 0.1) is 5.92 Å². The lowest BCUT2D eigenvalue weighted by Crippen LogP contribution is -2.40. The second-order valence-corrected chi connectivity index (χ2v) is 5.34. The molecule has 0 spiro atoms. The molecule has 4 heteroatoms. The van der Waals surface area contributed by atoms with E-state index in [0.717, 1.165) is 32.5 Å². The van der Waals surface area contributed by atoms with Gasteiger partial charge in [-0.1, -0.05) is 30.3 Å². The molecule has 4 nitrogen and oxygen atoms in total. The van der Waals surface area contributed by atoms with E-state index in [1.165, 1.54) is 5.56 Å². The lowest BCUT2D eigenvalue weighted by molar-refractivity contribution is -0.149. The summed E-state index contributed by atoms with van der Waals surface area (Å²) in [5.41, 5.74) is 7.40. The van der Waals surface area contributed by atoms with Gasteiger partial charge < -0.3 is 15.4 Å². The minimum absolute atomic E-state index is 0.0374. The number of nitrogens with two attached hydrogens (primary N) is 1. The van der Waals surface area contributed by atoms with Crippen LogP contribution in [0.5, 0.6) is 0 Å². The van der Waals surface area contributed by atoms with Crippen LogP contribution >= 0.6 is 0 Å². The molecule has 1 heterocycles. The van der Waals surface area contributed by atoms with Crippen molar-refractivity contribution in [1.82, 2.24) is 4.90 Å². The highest BCUT2D eigenvalue weighted by Crippen LogP contribution is 2.20. The SMILES string of the molecule is CCOC(=O)C1CCN(C[C@H](N)c2ccccc2)CC1. The van der Waals surface area contributed by atoms with Crippen LogP contribution in [0.2, 0.25) is 0 Å². The van der Waals surface area contributed by atoms with Crippen molar-refractivity contribution in [2.24, 2.45) is 11.7 Å². The highest BCUT2D eigenvalue weighted by atomic mass is 16.5. The lowest BCUT2D eigenvalue weighted by atomic mass is 9.96. The number of carbonyl (C=O) groups is 1. The average molecular weight is 276 g/mol. The van der Waals surface area contributed by atoms with Gasteiger partial charge in [-0.25, -0.2) is 0 Å². The van der Waals surface area contributed by atoms with Crippen LogP contribution in [0.3, 0.4) is 0 Å². The Kier molecular flexibility index (Phi) is 5.56. The predicted octanol–water partition coefficient (Wildman–Crippen LogP) is 1.96. The molecule has 0 aromatic heterocycles. The maximum absolute atomic E-state index is 11.7. The van der Waals surface area contributed by atoms with Gasteiger partial charge in [-0.3, -0.25) is 4.79 Å². The van der Waals surface area contributed by atoms with E-state index >= 15 is 0 Å². The van der Waals surface area contributed by atoms with Crippen molar-refractivity contribution in [2.45, 2.75) is 25.8 Å². The lowest BCUT2D eigenvalue weighted by Gasteiger charge is -2.32. The fourth-order valence-electron chi connectivity index (χ4n) is 2.70. The normalized spacial score (nSPS) is 18.7. The maximum atomic E-state index is 11.7. The highest BCUT2D eigenvalue weighted by molar-refractivity contribution is 5.72. The van der Waals surface area contributed by atoms with E-state index in [1.807, 2.05) is 25.1 Å². The standard InChI is InChI=1S/C16H24N2O2/c1-2-20-16(19)14-8-10-18(11-9-14)12-15(17)13-6-4-3-5-7-13/h3-7,14-15H,2,8-12,17H2,1H3/t15-/m0/s1. The Hall–Kier alpha value is -1.39. The first-order valence-electron chi connectivity index (χ1n) is 7.40. The van der Waals surface area contributed by atoms with Gasteiger partial charge in [0.15, 0.2) is 0 Å². The minimum Gasteiger partial charge on any atom is -0.466 e. The zero-order valence-corrected chi connectivity index (χ0v) is 12.1. The van der Waals surface area contributed by atoms with Crippen LogP contribution in [-0.2, 0) is 9.53 Å². The molecule has 1 fully saturated rings. The van der Waals surface area contributed by atoms with E-state index < -0.39 is 0 Å². The van der Waals surface area contributed by atoms with Gasteiger partial charge in [0.05, 0.1) is 12.5 Å². The Morgan fingerprint density at radius 3 is 2.60 bits per heavy atom. The number of rotatable bonds is 5. The number of hydrogen-bond acceptors (Lipinski definition) is 4. The second kappa shape index (κ2) is 7.41. The first-order chi connectivity index (χ1) is 9.70. The number of benzene rings is 1. The van der Waals surface area contributed by atoms with Crippen molar-refractivity contribution in [3.05, 3.63) is 35.9 Å². The van der Waals surface area contributed by atoms with E-state index in [4.69, 9.17) is 10.5 Å². The molecular weight excluding hydrogens is 252 g/mol. The first kappa shape index (κ1) is 15.0. The third kappa shape index (κ3) is 4.05. The Labute approximate surface area is 120 Å². The first-order valence-corrected chi connectivity index (χ1v) is 7.40. The Morgan fingerprint density at radius 1 is 1.35 bits per heavy atom. The number of nitrogens with zero attached hydrogens (tertiary/aromatic N) is 1. The zero-order valence-electron chi connectivity index (χ0n) is 12.1. The van der Waals surface area contributed by atoms with Crippen molar-refractivity contribution in [1.29, 1.82) is 0 Å². The van der Waals surface area contributed by atoms with Gasteiger partial charge in [0.1, 0.15) is 0 Å². The van der Waals surface area contributed by atoms with Crippen molar-refractivity contribution in [3.8, 4) is 0 Å². The summed E-state index contributed by atoms with van der Waals surface area (Å²) in [5.74, 6) is 0.0265. The fraction of sp³-hybridized carbons (Fsp3) is 0.562.